The molecule has 0 aliphatic heterocycles. The number of hydrogen-bond donors (Lipinski definition) is 1. The Morgan fingerprint density at radius 2 is 2.39 bits per heavy atom. The predicted molar refractivity (Wildman–Crippen MR) is 56.2 cm³/mol. The van der Waals surface area contributed by atoms with Gasteiger partial charge in [-0.2, -0.15) is 4.68 Å². The SMILES string of the molecule is Cc1cn(Cc2oncc2C(=O)O)nc1[N+](=O)[O-]. The molecule has 0 spiro atoms. The van der Waals surface area contributed by atoms with Crippen molar-refractivity contribution in [3.63, 3.8) is 0 Å². The van der Waals surface area contributed by atoms with Gasteiger partial charge in [0.05, 0.1) is 23.1 Å². The summed E-state index contributed by atoms with van der Waals surface area (Å²) >= 11 is 0. The van der Waals surface area contributed by atoms with Gasteiger partial charge in [-0.15, -0.1) is 0 Å². The van der Waals surface area contributed by atoms with E-state index in [9.17, 15) is 14.9 Å². The van der Waals surface area contributed by atoms with Crippen LogP contribution < -0.4 is 0 Å². The minimum Gasteiger partial charge on any atom is -0.478 e. The second kappa shape index (κ2) is 4.28. The van der Waals surface area contributed by atoms with Gasteiger partial charge in [0.1, 0.15) is 12.1 Å². The number of aromatic nitrogens is 3. The molecule has 0 aliphatic rings. The van der Waals surface area contributed by atoms with E-state index in [4.69, 9.17) is 9.63 Å². The molecule has 0 saturated heterocycles. The molecule has 9 heteroatoms. The van der Waals surface area contributed by atoms with Crippen LogP contribution >= 0.6 is 0 Å². The standard InChI is InChI=1S/C9H8N4O5/c1-5-3-12(11-8(5)13(16)17)4-7-6(9(14)15)2-10-18-7/h2-3H,4H2,1H3,(H,14,15). The fourth-order valence-electron chi connectivity index (χ4n) is 1.47. The average molecular weight is 252 g/mol. The largest absolute Gasteiger partial charge is 0.478 e. The molecule has 0 atom stereocenters. The first kappa shape index (κ1) is 11.8. The normalized spacial score (nSPS) is 10.5. The minimum absolute atomic E-state index is 0.0314. The van der Waals surface area contributed by atoms with E-state index in [1.54, 1.807) is 6.92 Å². The van der Waals surface area contributed by atoms with E-state index in [1.165, 1.54) is 10.9 Å². The van der Waals surface area contributed by atoms with Gasteiger partial charge in [-0.1, -0.05) is 5.16 Å². The third kappa shape index (κ3) is 2.05. The molecule has 2 rings (SSSR count). The Labute approximate surface area is 99.8 Å². The summed E-state index contributed by atoms with van der Waals surface area (Å²) in [6, 6.07) is 0. The van der Waals surface area contributed by atoms with Gasteiger partial charge in [-0.3, -0.25) is 0 Å². The maximum atomic E-state index is 10.8. The zero-order valence-corrected chi connectivity index (χ0v) is 9.23. The Hall–Kier alpha value is -2.71. The molecule has 0 fully saturated rings. The summed E-state index contributed by atoms with van der Waals surface area (Å²) in [4.78, 5) is 20.8. The van der Waals surface area contributed by atoms with Crippen molar-refractivity contribution >= 4 is 11.8 Å². The van der Waals surface area contributed by atoms with Crippen molar-refractivity contribution in [2.45, 2.75) is 13.5 Å². The molecule has 2 aromatic heterocycles. The van der Waals surface area contributed by atoms with Gasteiger partial charge in [0, 0.05) is 0 Å². The number of carbonyl (C=O) groups is 1. The lowest BCUT2D eigenvalue weighted by Gasteiger charge is -1.93. The molecule has 0 bridgehead atoms. The average Bonchev–Trinajstić information content (AvgIpc) is 2.85. The number of nitro groups is 1. The highest BCUT2D eigenvalue weighted by Gasteiger charge is 2.21. The van der Waals surface area contributed by atoms with Gasteiger partial charge < -0.3 is 19.7 Å². The van der Waals surface area contributed by atoms with Crippen molar-refractivity contribution in [3.8, 4) is 0 Å². The van der Waals surface area contributed by atoms with Crippen LogP contribution in [0.3, 0.4) is 0 Å². The van der Waals surface area contributed by atoms with Crippen LogP contribution in [0, 0.1) is 17.0 Å². The Balaban J connectivity index is 2.29. The topological polar surface area (TPSA) is 124 Å². The Morgan fingerprint density at radius 1 is 1.67 bits per heavy atom. The molecule has 0 saturated carbocycles. The Bertz CT molecular complexity index is 614. The summed E-state index contributed by atoms with van der Waals surface area (Å²) in [5.41, 5.74) is 0.294. The van der Waals surface area contributed by atoms with Gasteiger partial charge in [0.25, 0.3) is 0 Å². The number of carboxylic acid groups (broad SMARTS) is 1. The molecule has 9 nitrogen and oxygen atoms in total. The fraction of sp³-hybridized carbons (Fsp3) is 0.222. The van der Waals surface area contributed by atoms with E-state index in [0.717, 1.165) is 6.20 Å². The number of nitrogens with zero attached hydrogens (tertiary/aromatic N) is 4. The lowest BCUT2D eigenvalue weighted by atomic mass is 10.2. The molecule has 1 N–H and O–H groups in total. The third-order valence-corrected chi connectivity index (χ3v) is 2.27. The molecule has 0 aliphatic carbocycles. The Morgan fingerprint density at radius 3 is 2.94 bits per heavy atom. The molecule has 18 heavy (non-hydrogen) atoms. The molecule has 0 aromatic carbocycles. The Kier molecular flexibility index (Phi) is 2.80. The van der Waals surface area contributed by atoms with Gasteiger partial charge >= 0.3 is 11.8 Å². The maximum Gasteiger partial charge on any atom is 0.392 e. The summed E-state index contributed by atoms with van der Waals surface area (Å²) in [7, 11) is 0. The molecular formula is C9H8N4O5. The van der Waals surface area contributed by atoms with E-state index >= 15 is 0 Å². The van der Waals surface area contributed by atoms with E-state index in [1.807, 2.05) is 0 Å². The first-order valence-electron chi connectivity index (χ1n) is 4.84. The maximum absolute atomic E-state index is 10.8. The van der Waals surface area contributed by atoms with Crippen LogP contribution in [0.25, 0.3) is 0 Å². The lowest BCUT2D eigenvalue weighted by molar-refractivity contribution is -0.390. The first-order chi connectivity index (χ1) is 8.49. The van der Waals surface area contributed by atoms with Crippen molar-refractivity contribution in [1.82, 2.24) is 14.9 Å². The van der Waals surface area contributed by atoms with Crippen LogP contribution in [-0.2, 0) is 6.54 Å². The molecule has 2 aromatic rings. The molecule has 2 heterocycles. The number of carboxylic acids is 1. The summed E-state index contributed by atoms with van der Waals surface area (Å²) in [6.45, 7) is 1.51. The van der Waals surface area contributed by atoms with Gasteiger partial charge in [0.15, 0.2) is 5.76 Å². The van der Waals surface area contributed by atoms with Gasteiger partial charge in [-0.05, 0) is 11.8 Å². The number of aromatic carboxylic acids is 1. The monoisotopic (exact) mass is 252 g/mol. The third-order valence-electron chi connectivity index (χ3n) is 2.27. The van der Waals surface area contributed by atoms with E-state index in [0.29, 0.717) is 5.56 Å². The predicted octanol–water partition coefficient (Wildman–Crippen LogP) is 0.834. The van der Waals surface area contributed by atoms with Crippen molar-refractivity contribution in [2.24, 2.45) is 0 Å². The molecule has 94 valence electrons. The van der Waals surface area contributed by atoms with Crippen LogP contribution in [0.4, 0.5) is 5.82 Å². The van der Waals surface area contributed by atoms with Crippen molar-refractivity contribution < 1.29 is 19.3 Å². The number of aryl methyl sites for hydroxylation is 1. The quantitative estimate of drug-likeness (QED) is 0.631. The smallest absolute Gasteiger partial charge is 0.392 e. The van der Waals surface area contributed by atoms with E-state index < -0.39 is 10.9 Å². The summed E-state index contributed by atoms with van der Waals surface area (Å²) in [6.07, 6.45) is 2.51. The van der Waals surface area contributed by atoms with Crippen molar-refractivity contribution in [3.05, 3.63) is 39.4 Å². The van der Waals surface area contributed by atoms with Gasteiger partial charge in [-0.25, -0.2) is 4.79 Å². The highest BCUT2D eigenvalue weighted by Crippen LogP contribution is 2.16. The highest BCUT2D eigenvalue weighted by molar-refractivity contribution is 5.88. The molecular weight excluding hydrogens is 244 g/mol. The summed E-state index contributed by atoms with van der Waals surface area (Å²) < 4.78 is 6.01. The van der Waals surface area contributed by atoms with E-state index in [-0.39, 0.29) is 23.7 Å². The second-order valence-corrected chi connectivity index (χ2v) is 3.56. The summed E-state index contributed by atoms with van der Waals surface area (Å²) in [5, 5.41) is 26.5. The molecule has 0 amide bonds. The van der Waals surface area contributed by atoms with Crippen LogP contribution in [0.15, 0.2) is 16.9 Å². The fourth-order valence-corrected chi connectivity index (χ4v) is 1.47. The van der Waals surface area contributed by atoms with Gasteiger partial charge in [0.2, 0.25) is 0 Å². The number of hydrogen-bond acceptors (Lipinski definition) is 6. The summed E-state index contributed by atoms with van der Waals surface area (Å²) in [5.74, 6) is -1.36. The van der Waals surface area contributed by atoms with E-state index in [2.05, 4.69) is 10.3 Å². The molecule has 0 radical (unpaired) electrons. The second-order valence-electron chi connectivity index (χ2n) is 3.56. The van der Waals surface area contributed by atoms with Crippen LogP contribution in [0.2, 0.25) is 0 Å². The van der Waals surface area contributed by atoms with Crippen LogP contribution in [0.1, 0.15) is 21.7 Å². The van der Waals surface area contributed by atoms with Crippen LogP contribution in [-0.4, -0.2) is 30.9 Å². The highest BCUT2D eigenvalue weighted by atomic mass is 16.6. The zero-order chi connectivity index (χ0) is 13.3. The number of rotatable bonds is 4. The lowest BCUT2D eigenvalue weighted by Crippen LogP contribution is -2.05. The van der Waals surface area contributed by atoms with Crippen molar-refractivity contribution in [2.75, 3.05) is 0 Å². The zero-order valence-electron chi connectivity index (χ0n) is 9.23. The van der Waals surface area contributed by atoms with Crippen molar-refractivity contribution in [1.29, 1.82) is 0 Å². The van der Waals surface area contributed by atoms with Crippen LogP contribution in [0.5, 0.6) is 0 Å². The minimum atomic E-state index is -1.18. The molecule has 0 unspecified atom stereocenters. The first-order valence-corrected chi connectivity index (χ1v) is 4.84.